The van der Waals surface area contributed by atoms with E-state index in [2.05, 4.69) is 49.7 Å². The zero-order valence-electron chi connectivity index (χ0n) is 7.83. The summed E-state index contributed by atoms with van der Waals surface area (Å²) in [7, 11) is 0. The number of fused-ring (bicyclic) bond motifs is 1. The minimum absolute atomic E-state index is 1.24. The van der Waals surface area contributed by atoms with Crippen LogP contribution in [0.1, 0.15) is 11.3 Å². The number of para-hydroxylation sites is 1. The number of hydrogen-bond acceptors (Lipinski definition) is 1. The van der Waals surface area contributed by atoms with Crippen LogP contribution in [-0.2, 0) is 0 Å². The van der Waals surface area contributed by atoms with Gasteiger partial charge in [-0.2, -0.15) is 0 Å². The van der Waals surface area contributed by atoms with Crippen molar-refractivity contribution in [3.05, 3.63) is 35.5 Å². The molecule has 0 fully saturated rings. The molecule has 1 heterocycles. The van der Waals surface area contributed by atoms with Gasteiger partial charge in [0, 0.05) is 23.2 Å². The zero-order valence-corrected chi connectivity index (χ0v) is 7.83. The third-order valence-electron chi connectivity index (χ3n) is 2.22. The smallest absolute Gasteiger partial charge is 0.0462 e. The van der Waals surface area contributed by atoms with E-state index in [-0.39, 0.29) is 0 Å². The molecule has 13 heavy (non-hydrogen) atoms. The second kappa shape index (κ2) is 3.77. The average Bonchev–Trinajstić information content (AvgIpc) is 2.47. The van der Waals surface area contributed by atoms with Gasteiger partial charge in [-0.25, -0.2) is 5.26 Å². The Balaban J connectivity index is 0.000000396. The van der Waals surface area contributed by atoms with Crippen molar-refractivity contribution in [2.24, 2.45) is 0 Å². The number of nitriles is 1. The first kappa shape index (κ1) is 9.34. The van der Waals surface area contributed by atoms with Gasteiger partial charge in [0.15, 0.2) is 0 Å². The summed E-state index contributed by atoms with van der Waals surface area (Å²) in [6.45, 7) is 7.75. The predicted octanol–water partition coefficient (Wildman–Crippen LogP) is 2.92. The van der Waals surface area contributed by atoms with Gasteiger partial charge in [0.2, 0.25) is 0 Å². The van der Waals surface area contributed by atoms with Gasteiger partial charge in [-0.05, 0) is 25.5 Å². The Morgan fingerprint density at radius 2 is 1.77 bits per heavy atom. The number of benzene rings is 1. The monoisotopic (exact) mass is 172 g/mol. The maximum Gasteiger partial charge on any atom is 0.0462 e. The van der Waals surface area contributed by atoms with E-state index in [1.165, 1.54) is 22.2 Å². The van der Waals surface area contributed by atoms with Gasteiger partial charge in [-0.15, -0.1) is 0 Å². The lowest BCUT2D eigenvalue weighted by molar-refractivity contribution is 1.25. The molecule has 0 saturated carbocycles. The normalized spacial score (nSPS) is 9.23. The molecule has 0 atom stereocenters. The summed E-state index contributed by atoms with van der Waals surface area (Å²) in [5, 5.41) is 7.84. The first-order valence-corrected chi connectivity index (χ1v) is 4.09. The molecule has 0 aliphatic heterocycles. The van der Waals surface area contributed by atoms with Crippen molar-refractivity contribution in [3.63, 3.8) is 0 Å². The standard InChI is InChI=1S/C10H11N.CHN/c1-7-8(2)11-10-6-4-3-5-9(7)10;1-2/h3-6,11H,1-2H3;1H. The quantitative estimate of drug-likeness (QED) is 0.652. The lowest BCUT2D eigenvalue weighted by Gasteiger charge is -1.87. The van der Waals surface area contributed by atoms with Gasteiger partial charge in [-0.1, -0.05) is 18.2 Å². The number of H-pyrrole nitrogens is 1. The SMILES string of the molecule is C#N.Cc1[nH]c2ccccc2c1C. The fourth-order valence-corrected chi connectivity index (χ4v) is 1.42. The molecule has 2 nitrogen and oxygen atoms in total. The fourth-order valence-electron chi connectivity index (χ4n) is 1.42. The van der Waals surface area contributed by atoms with Gasteiger partial charge in [-0.3, -0.25) is 0 Å². The molecule has 2 aromatic rings. The highest BCUT2D eigenvalue weighted by Gasteiger charge is 2.00. The summed E-state index contributed by atoms with van der Waals surface area (Å²) >= 11 is 0. The van der Waals surface area contributed by atoms with Crippen molar-refractivity contribution < 1.29 is 0 Å². The minimum atomic E-state index is 1.24. The van der Waals surface area contributed by atoms with E-state index < -0.39 is 0 Å². The van der Waals surface area contributed by atoms with Crippen molar-refractivity contribution >= 4 is 10.9 Å². The van der Waals surface area contributed by atoms with Crippen molar-refractivity contribution in [2.75, 3.05) is 0 Å². The minimum Gasteiger partial charge on any atom is -0.358 e. The molecule has 0 bridgehead atoms. The largest absolute Gasteiger partial charge is 0.358 e. The van der Waals surface area contributed by atoms with E-state index in [0.29, 0.717) is 0 Å². The summed E-state index contributed by atoms with van der Waals surface area (Å²) in [6.07, 6.45) is 0. The van der Waals surface area contributed by atoms with Crippen LogP contribution >= 0.6 is 0 Å². The molecule has 2 heteroatoms. The number of rotatable bonds is 0. The topological polar surface area (TPSA) is 39.6 Å². The van der Waals surface area contributed by atoms with Crippen LogP contribution in [0.25, 0.3) is 10.9 Å². The van der Waals surface area contributed by atoms with Crippen molar-refractivity contribution in [1.82, 2.24) is 4.98 Å². The molecule has 0 aliphatic carbocycles. The molecule has 0 unspecified atom stereocenters. The Labute approximate surface area is 77.8 Å². The van der Waals surface area contributed by atoms with Crippen LogP contribution < -0.4 is 0 Å². The number of hydrogen-bond donors (Lipinski definition) is 1. The lowest BCUT2D eigenvalue weighted by atomic mass is 10.2. The van der Waals surface area contributed by atoms with Crippen LogP contribution in [0.15, 0.2) is 24.3 Å². The maximum absolute atomic E-state index is 6.50. The number of aromatic nitrogens is 1. The van der Waals surface area contributed by atoms with E-state index in [9.17, 15) is 0 Å². The Morgan fingerprint density at radius 1 is 1.15 bits per heavy atom. The van der Waals surface area contributed by atoms with E-state index in [1.54, 1.807) is 0 Å². The first-order chi connectivity index (χ1) is 6.29. The summed E-state index contributed by atoms with van der Waals surface area (Å²) in [5.41, 5.74) is 3.87. The van der Waals surface area contributed by atoms with Crippen molar-refractivity contribution in [2.45, 2.75) is 13.8 Å². The van der Waals surface area contributed by atoms with Gasteiger partial charge < -0.3 is 4.98 Å². The summed E-state index contributed by atoms with van der Waals surface area (Å²) in [4.78, 5) is 3.33. The molecule has 0 amide bonds. The van der Waals surface area contributed by atoms with Gasteiger partial charge in [0.05, 0.1) is 0 Å². The third kappa shape index (κ3) is 1.54. The molecular formula is C11H12N2. The first-order valence-electron chi connectivity index (χ1n) is 4.09. The molecule has 1 aromatic heterocycles. The molecule has 66 valence electrons. The number of nitrogens with zero attached hydrogens (tertiary/aromatic N) is 1. The highest BCUT2D eigenvalue weighted by molar-refractivity contribution is 5.84. The number of nitrogens with one attached hydrogen (secondary N) is 1. The Morgan fingerprint density at radius 3 is 2.38 bits per heavy atom. The Bertz CT molecular complexity index is 424. The summed E-state index contributed by atoms with van der Waals surface area (Å²) in [6, 6.07) is 8.38. The van der Waals surface area contributed by atoms with E-state index in [4.69, 9.17) is 5.26 Å². The highest BCUT2D eigenvalue weighted by atomic mass is 14.7. The van der Waals surface area contributed by atoms with E-state index in [0.717, 1.165) is 0 Å². The van der Waals surface area contributed by atoms with Crippen LogP contribution in [-0.4, -0.2) is 4.98 Å². The molecule has 1 N–H and O–H groups in total. The molecule has 0 spiro atoms. The molecular weight excluding hydrogens is 160 g/mol. The molecule has 0 saturated heterocycles. The lowest BCUT2D eigenvalue weighted by Crippen LogP contribution is -1.70. The number of aromatic amines is 1. The zero-order chi connectivity index (χ0) is 9.84. The second-order valence-corrected chi connectivity index (χ2v) is 2.92. The fraction of sp³-hybridized carbons (Fsp3) is 0.182. The van der Waals surface area contributed by atoms with Crippen LogP contribution in [0.2, 0.25) is 0 Å². The van der Waals surface area contributed by atoms with Crippen LogP contribution in [0.5, 0.6) is 0 Å². The molecule has 1 aromatic carbocycles. The van der Waals surface area contributed by atoms with Crippen LogP contribution in [0.3, 0.4) is 0 Å². The molecule has 0 radical (unpaired) electrons. The average molecular weight is 172 g/mol. The summed E-state index contributed by atoms with van der Waals surface area (Å²) in [5.74, 6) is 0. The number of aryl methyl sites for hydroxylation is 2. The van der Waals surface area contributed by atoms with Gasteiger partial charge in [0.1, 0.15) is 0 Å². The van der Waals surface area contributed by atoms with E-state index >= 15 is 0 Å². The van der Waals surface area contributed by atoms with Crippen LogP contribution in [0, 0.1) is 25.7 Å². The van der Waals surface area contributed by atoms with Crippen LogP contribution in [0.4, 0.5) is 0 Å². The Hall–Kier alpha value is -1.75. The summed E-state index contributed by atoms with van der Waals surface area (Å²) < 4.78 is 0. The van der Waals surface area contributed by atoms with Gasteiger partial charge >= 0.3 is 0 Å². The van der Waals surface area contributed by atoms with Crippen molar-refractivity contribution in [1.29, 1.82) is 5.26 Å². The second-order valence-electron chi connectivity index (χ2n) is 2.92. The molecule has 0 aliphatic rings. The van der Waals surface area contributed by atoms with Gasteiger partial charge in [0.25, 0.3) is 0 Å². The predicted molar refractivity (Wildman–Crippen MR) is 54.4 cm³/mol. The highest BCUT2D eigenvalue weighted by Crippen LogP contribution is 2.19. The van der Waals surface area contributed by atoms with Crippen molar-refractivity contribution in [3.8, 4) is 6.57 Å². The Kier molecular flexibility index (Phi) is 2.71. The molecule has 2 rings (SSSR count). The maximum atomic E-state index is 6.50. The van der Waals surface area contributed by atoms with E-state index in [1.807, 2.05) is 0 Å². The third-order valence-corrected chi connectivity index (χ3v) is 2.22.